The molecular weight excluding hydrogens is 154 g/mol. The van der Waals surface area contributed by atoms with E-state index < -0.39 is 0 Å². The molecule has 0 N–H and O–H groups in total. The van der Waals surface area contributed by atoms with Crippen molar-refractivity contribution in [1.29, 1.82) is 0 Å². The predicted molar refractivity (Wildman–Crippen MR) is 43.9 cm³/mol. The summed E-state index contributed by atoms with van der Waals surface area (Å²) in [7, 11) is 0. The number of carbonyl (C=O) groups excluding carboxylic acids is 2. The van der Waals surface area contributed by atoms with Gasteiger partial charge < -0.3 is 0 Å². The Morgan fingerprint density at radius 2 is 1.92 bits per heavy atom. The lowest BCUT2D eigenvalue weighted by Gasteiger charge is -2.10. The minimum Gasteiger partial charge on any atom is -0.274 e. The minimum atomic E-state index is -0.238. The van der Waals surface area contributed by atoms with Crippen molar-refractivity contribution < 1.29 is 9.59 Å². The third kappa shape index (κ3) is 1.73. The van der Waals surface area contributed by atoms with Crippen molar-refractivity contribution in [3.05, 3.63) is 12.2 Å². The summed E-state index contributed by atoms with van der Waals surface area (Å²) in [5.74, 6) is 5.02. The van der Waals surface area contributed by atoms with Crippen LogP contribution in [-0.4, -0.2) is 23.3 Å². The number of imide groups is 1. The van der Waals surface area contributed by atoms with Crippen LogP contribution >= 0.6 is 0 Å². The number of amides is 2. The Hall–Kier alpha value is -1.56. The maximum atomic E-state index is 10.9. The van der Waals surface area contributed by atoms with E-state index in [1.165, 1.54) is 17.1 Å². The maximum Gasteiger partial charge on any atom is 0.253 e. The number of nitrogens with zero attached hydrogens (tertiary/aromatic N) is 1. The first-order valence-corrected chi connectivity index (χ1v) is 3.69. The van der Waals surface area contributed by atoms with E-state index in [2.05, 4.69) is 11.8 Å². The molecule has 0 spiro atoms. The molecule has 0 atom stereocenters. The molecule has 12 heavy (non-hydrogen) atoms. The number of hydrogen-bond acceptors (Lipinski definition) is 2. The number of carbonyl (C=O) groups is 2. The molecule has 1 aliphatic rings. The largest absolute Gasteiger partial charge is 0.274 e. The highest BCUT2D eigenvalue weighted by molar-refractivity contribution is 6.12. The lowest BCUT2D eigenvalue weighted by molar-refractivity contribution is -0.136. The topological polar surface area (TPSA) is 37.4 Å². The van der Waals surface area contributed by atoms with E-state index in [4.69, 9.17) is 0 Å². The molecule has 0 unspecified atom stereocenters. The molecule has 1 aliphatic heterocycles. The van der Waals surface area contributed by atoms with Gasteiger partial charge in [-0.15, -0.1) is 11.8 Å². The normalized spacial score (nSPS) is 14.9. The molecule has 0 aromatic heterocycles. The predicted octanol–water partition coefficient (Wildman–Crippen LogP) is 0.325. The molecule has 3 heteroatoms. The van der Waals surface area contributed by atoms with Gasteiger partial charge >= 0.3 is 0 Å². The smallest absolute Gasteiger partial charge is 0.253 e. The van der Waals surface area contributed by atoms with Crippen LogP contribution in [0.2, 0.25) is 0 Å². The average molecular weight is 163 g/mol. The molecule has 0 aromatic rings. The van der Waals surface area contributed by atoms with E-state index in [1.54, 1.807) is 6.92 Å². The standard InChI is InChI=1S/C9H9NO2/c1-2-3-4-7-10-8(11)5-6-9(10)12/h5-6H,4,7H2,1H3. The molecule has 62 valence electrons. The van der Waals surface area contributed by atoms with Gasteiger partial charge in [0.2, 0.25) is 0 Å². The summed E-state index contributed by atoms with van der Waals surface area (Å²) in [4.78, 5) is 23.1. The van der Waals surface area contributed by atoms with Crippen LogP contribution in [0.25, 0.3) is 0 Å². The zero-order chi connectivity index (χ0) is 8.97. The number of hydrogen-bond donors (Lipinski definition) is 0. The van der Waals surface area contributed by atoms with Gasteiger partial charge in [0.15, 0.2) is 0 Å². The van der Waals surface area contributed by atoms with Crippen molar-refractivity contribution in [2.45, 2.75) is 13.3 Å². The van der Waals surface area contributed by atoms with Crippen LogP contribution < -0.4 is 0 Å². The third-order valence-corrected chi connectivity index (χ3v) is 1.54. The molecule has 2 amide bonds. The molecule has 1 heterocycles. The van der Waals surface area contributed by atoms with Gasteiger partial charge in [0.1, 0.15) is 0 Å². The number of rotatable bonds is 2. The second kappa shape index (κ2) is 3.72. The Morgan fingerprint density at radius 1 is 1.33 bits per heavy atom. The fraction of sp³-hybridized carbons (Fsp3) is 0.333. The summed E-state index contributed by atoms with van der Waals surface area (Å²) < 4.78 is 0. The van der Waals surface area contributed by atoms with Crippen LogP contribution in [0, 0.1) is 11.8 Å². The van der Waals surface area contributed by atoms with E-state index in [9.17, 15) is 9.59 Å². The van der Waals surface area contributed by atoms with Gasteiger partial charge in [-0.25, -0.2) is 0 Å². The molecule has 0 saturated heterocycles. The quantitative estimate of drug-likeness (QED) is 0.434. The second-order valence-corrected chi connectivity index (χ2v) is 2.34. The summed E-state index contributed by atoms with van der Waals surface area (Å²) in [6.07, 6.45) is 3.11. The van der Waals surface area contributed by atoms with Crippen LogP contribution in [0.5, 0.6) is 0 Å². The minimum absolute atomic E-state index is 0.238. The van der Waals surface area contributed by atoms with Crippen molar-refractivity contribution in [3.8, 4) is 11.8 Å². The summed E-state index contributed by atoms with van der Waals surface area (Å²) in [5, 5.41) is 0. The van der Waals surface area contributed by atoms with Gasteiger partial charge in [-0.2, -0.15) is 0 Å². The molecule has 0 saturated carbocycles. The Kier molecular flexibility index (Phi) is 2.65. The van der Waals surface area contributed by atoms with Crippen molar-refractivity contribution in [2.24, 2.45) is 0 Å². The zero-order valence-corrected chi connectivity index (χ0v) is 6.83. The molecule has 0 radical (unpaired) electrons. The van der Waals surface area contributed by atoms with Gasteiger partial charge in [0.25, 0.3) is 11.8 Å². The fourth-order valence-corrected chi connectivity index (χ4v) is 0.944. The molecule has 1 rings (SSSR count). The van der Waals surface area contributed by atoms with Crippen LogP contribution in [-0.2, 0) is 9.59 Å². The van der Waals surface area contributed by atoms with Crippen LogP contribution in [0.1, 0.15) is 13.3 Å². The first-order valence-electron chi connectivity index (χ1n) is 3.69. The first kappa shape index (κ1) is 8.54. The molecule has 3 nitrogen and oxygen atoms in total. The zero-order valence-electron chi connectivity index (χ0n) is 6.83. The van der Waals surface area contributed by atoms with Gasteiger partial charge in [-0.3, -0.25) is 14.5 Å². The van der Waals surface area contributed by atoms with E-state index in [0.29, 0.717) is 13.0 Å². The monoisotopic (exact) mass is 163 g/mol. The first-order chi connectivity index (χ1) is 5.75. The molecule has 0 aromatic carbocycles. The summed E-state index contributed by atoms with van der Waals surface area (Å²) in [6, 6.07) is 0. The highest BCUT2D eigenvalue weighted by Gasteiger charge is 2.21. The fourth-order valence-electron chi connectivity index (χ4n) is 0.944. The van der Waals surface area contributed by atoms with E-state index in [0.717, 1.165) is 0 Å². The average Bonchev–Trinajstić information content (AvgIpc) is 2.35. The van der Waals surface area contributed by atoms with Crippen LogP contribution in [0.4, 0.5) is 0 Å². The SMILES string of the molecule is CC#CCCN1C(=O)C=CC1=O. The van der Waals surface area contributed by atoms with Gasteiger partial charge in [0, 0.05) is 25.1 Å². The van der Waals surface area contributed by atoms with Crippen molar-refractivity contribution >= 4 is 11.8 Å². The van der Waals surface area contributed by atoms with Crippen molar-refractivity contribution in [3.63, 3.8) is 0 Å². The summed E-state index contributed by atoms with van der Waals surface area (Å²) >= 11 is 0. The molecular formula is C9H9NO2. The van der Waals surface area contributed by atoms with Gasteiger partial charge in [-0.1, -0.05) is 0 Å². The Balaban J connectivity index is 2.46. The lowest BCUT2D eigenvalue weighted by Crippen LogP contribution is -2.30. The van der Waals surface area contributed by atoms with Gasteiger partial charge in [-0.05, 0) is 6.92 Å². The second-order valence-electron chi connectivity index (χ2n) is 2.34. The van der Waals surface area contributed by atoms with E-state index in [-0.39, 0.29) is 11.8 Å². The van der Waals surface area contributed by atoms with Gasteiger partial charge in [0.05, 0.1) is 0 Å². The van der Waals surface area contributed by atoms with Crippen molar-refractivity contribution in [2.75, 3.05) is 6.54 Å². The summed E-state index contributed by atoms with van der Waals surface area (Å²) in [6.45, 7) is 2.12. The molecule has 0 fully saturated rings. The highest BCUT2D eigenvalue weighted by Crippen LogP contribution is 2.03. The highest BCUT2D eigenvalue weighted by atomic mass is 16.2. The third-order valence-electron chi connectivity index (χ3n) is 1.54. The van der Waals surface area contributed by atoms with Crippen molar-refractivity contribution in [1.82, 2.24) is 4.90 Å². The van der Waals surface area contributed by atoms with E-state index >= 15 is 0 Å². The Morgan fingerprint density at radius 3 is 2.42 bits per heavy atom. The lowest BCUT2D eigenvalue weighted by atomic mass is 10.4. The Bertz CT molecular complexity index is 275. The Labute approximate surface area is 71.0 Å². The van der Waals surface area contributed by atoms with Crippen LogP contribution in [0.3, 0.4) is 0 Å². The molecule has 0 aliphatic carbocycles. The molecule has 0 bridgehead atoms. The summed E-state index contributed by atoms with van der Waals surface area (Å²) in [5.41, 5.74) is 0. The van der Waals surface area contributed by atoms with E-state index in [1.807, 2.05) is 0 Å². The van der Waals surface area contributed by atoms with Crippen LogP contribution in [0.15, 0.2) is 12.2 Å². The maximum absolute atomic E-state index is 10.9.